The Hall–Kier alpha value is -1.74. The third-order valence-corrected chi connectivity index (χ3v) is 2.46. The van der Waals surface area contributed by atoms with Gasteiger partial charge in [-0.05, 0) is 11.5 Å². The summed E-state index contributed by atoms with van der Waals surface area (Å²) in [6.07, 6.45) is 2.29. The van der Waals surface area contributed by atoms with Crippen LogP contribution in [0.4, 0.5) is 5.69 Å². The van der Waals surface area contributed by atoms with Gasteiger partial charge in [-0.15, -0.1) is 0 Å². The first kappa shape index (κ1) is 10.8. The maximum atomic E-state index is 5.41. The van der Waals surface area contributed by atoms with Crippen molar-refractivity contribution in [2.24, 2.45) is 10.7 Å². The summed E-state index contributed by atoms with van der Waals surface area (Å²) in [5.74, 6) is 0. The van der Waals surface area contributed by atoms with E-state index in [0.717, 1.165) is 11.1 Å². The number of nitrogens with zero attached hydrogens (tertiary/aromatic N) is 1. The molecule has 0 aliphatic carbocycles. The summed E-state index contributed by atoms with van der Waals surface area (Å²) < 4.78 is 0. The average molecular weight is 228 g/mol. The molecule has 0 atom stereocenters. The highest BCUT2D eigenvalue weighted by Crippen LogP contribution is 2.25. The molecule has 2 N–H and O–H groups in total. The molecule has 3 heteroatoms. The lowest BCUT2D eigenvalue weighted by Gasteiger charge is -2.00. The molecule has 2 nitrogen and oxygen atoms in total. The first-order valence-corrected chi connectivity index (χ1v) is 5.47. The highest BCUT2D eigenvalue weighted by atomic mass is 32.1. The molecule has 0 amide bonds. The lowest BCUT2D eigenvalue weighted by molar-refractivity contribution is 1.51. The van der Waals surface area contributed by atoms with E-state index < -0.39 is 0 Å². The zero-order valence-electron chi connectivity index (χ0n) is 8.76. The van der Waals surface area contributed by atoms with Crippen molar-refractivity contribution >= 4 is 39.9 Å². The van der Waals surface area contributed by atoms with Crippen molar-refractivity contribution in [3.8, 4) is 0 Å². The van der Waals surface area contributed by atoms with Crippen LogP contribution >= 0.6 is 12.2 Å². The summed E-state index contributed by atoms with van der Waals surface area (Å²) >= 11 is 4.79. The van der Waals surface area contributed by atoms with Crippen molar-refractivity contribution in [2.45, 2.75) is 6.42 Å². The maximum Gasteiger partial charge on any atom is 0.0781 e. The van der Waals surface area contributed by atoms with Crippen molar-refractivity contribution < 1.29 is 0 Å². The highest BCUT2D eigenvalue weighted by molar-refractivity contribution is 7.80. The molecule has 0 spiro atoms. The number of fused-ring (bicyclic) bond motifs is 1. The van der Waals surface area contributed by atoms with Crippen LogP contribution in [0.2, 0.25) is 0 Å². The number of aliphatic imine (C=N–C) groups is 1. The van der Waals surface area contributed by atoms with E-state index >= 15 is 0 Å². The number of nitrogens with two attached hydrogens (primary N) is 1. The molecule has 0 bridgehead atoms. The largest absolute Gasteiger partial charge is 0.393 e. The molecule has 0 radical (unpaired) electrons. The molecule has 0 aliphatic heterocycles. The summed E-state index contributed by atoms with van der Waals surface area (Å²) in [6.45, 7) is 0. The van der Waals surface area contributed by atoms with Gasteiger partial charge in [0.05, 0.1) is 10.7 Å². The Morgan fingerprint density at radius 3 is 2.75 bits per heavy atom. The van der Waals surface area contributed by atoms with Gasteiger partial charge in [0.25, 0.3) is 0 Å². The van der Waals surface area contributed by atoms with Gasteiger partial charge in [-0.3, -0.25) is 4.99 Å². The zero-order chi connectivity index (χ0) is 11.4. The lowest BCUT2D eigenvalue weighted by atomic mass is 10.1. The van der Waals surface area contributed by atoms with Crippen LogP contribution in [0.15, 0.2) is 47.5 Å². The minimum absolute atomic E-state index is 0.462. The molecular weight excluding hydrogens is 216 g/mol. The molecule has 0 unspecified atom stereocenters. The molecule has 0 aliphatic rings. The van der Waals surface area contributed by atoms with E-state index in [1.807, 2.05) is 24.3 Å². The molecule has 0 fully saturated rings. The van der Waals surface area contributed by atoms with Gasteiger partial charge in [0, 0.05) is 18.0 Å². The fraction of sp³-hybridized carbons (Fsp3) is 0.0769. The summed E-state index contributed by atoms with van der Waals surface area (Å²) in [6, 6.07) is 14.2. The van der Waals surface area contributed by atoms with Crippen molar-refractivity contribution in [1.82, 2.24) is 0 Å². The second kappa shape index (κ2) is 4.86. The number of benzene rings is 2. The van der Waals surface area contributed by atoms with Gasteiger partial charge in [0.15, 0.2) is 0 Å². The topological polar surface area (TPSA) is 38.4 Å². The van der Waals surface area contributed by atoms with Crippen molar-refractivity contribution in [3.63, 3.8) is 0 Å². The van der Waals surface area contributed by atoms with Gasteiger partial charge in [0.1, 0.15) is 0 Å². The van der Waals surface area contributed by atoms with E-state index in [2.05, 4.69) is 23.2 Å². The minimum atomic E-state index is 0.462. The standard InChI is InChI=1S/C13H12N2S/c14-13(16)8-9-15-12-7-3-5-10-4-1-2-6-11(10)12/h1-7,9H,8H2,(H2,14,16). The first-order valence-electron chi connectivity index (χ1n) is 5.06. The Bertz CT molecular complexity index is 541. The lowest BCUT2D eigenvalue weighted by Crippen LogP contribution is -2.07. The quantitative estimate of drug-likeness (QED) is 0.647. The monoisotopic (exact) mass is 228 g/mol. The van der Waals surface area contributed by atoms with E-state index in [0.29, 0.717) is 11.4 Å². The van der Waals surface area contributed by atoms with Crippen molar-refractivity contribution in [2.75, 3.05) is 0 Å². The Morgan fingerprint density at radius 2 is 1.94 bits per heavy atom. The van der Waals surface area contributed by atoms with Crippen LogP contribution in [-0.4, -0.2) is 11.2 Å². The third kappa shape index (κ3) is 2.44. The predicted molar refractivity (Wildman–Crippen MR) is 73.5 cm³/mol. The molecule has 2 rings (SSSR count). The Balaban J connectivity index is 2.37. The molecule has 0 aromatic heterocycles. The second-order valence-corrected chi connectivity index (χ2v) is 4.00. The Labute approximate surface area is 99.8 Å². The first-order chi connectivity index (χ1) is 7.77. The molecule has 0 saturated carbocycles. The van der Waals surface area contributed by atoms with E-state index in [1.54, 1.807) is 6.21 Å². The Kier molecular flexibility index (Phi) is 3.27. The molecule has 2 aromatic carbocycles. The van der Waals surface area contributed by atoms with Crippen LogP contribution in [-0.2, 0) is 0 Å². The van der Waals surface area contributed by atoms with Crippen LogP contribution in [0, 0.1) is 0 Å². The zero-order valence-corrected chi connectivity index (χ0v) is 9.58. The number of hydrogen-bond acceptors (Lipinski definition) is 2. The highest BCUT2D eigenvalue weighted by Gasteiger charge is 1.96. The molecule has 0 saturated heterocycles. The molecule has 2 aromatic rings. The van der Waals surface area contributed by atoms with Gasteiger partial charge in [-0.1, -0.05) is 48.6 Å². The van der Waals surface area contributed by atoms with Crippen LogP contribution in [0.1, 0.15) is 6.42 Å². The van der Waals surface area contributed by atoms with E-state index in [-0.39, 0.29) is 0 Å². The van der Waals surface area contributed by atoms with E-state index in [1.165, 1.54) is 5.39 Å². The SMILES string of the molecule is NC(=S)CC=Nc1cccc2ccccc12. The summed E-state index contributed by atoms with van der Waals surface area (Å²) in [5.41, 5.74) is 6.36. The fourth-order valence-electron chi connectivity index (χ4n) is 1.55. The van der Waals surface area contributed by atoms with Crippen LogP contribution in [0.3, 0.4) is 0 Å². The molecule has 0 heterocycles. The van der Waals surface area contributed by atoms with Crippen molar-refractivity contribution in [3.05, 3.63) is 42.5 Å². The Morgan fingerprint density at radius 1 is 1.19 bits per heavy atom. The molecule has 80 valence electrons. The third-order valence-electron chi connectivity index (χ3n) is 2.29. The van der Waals surface area contributed by atoms with Gasteiger partial charge in [-0.2, -0.15) is 0 Å². The molecule has 16 heavy (non-hydrogen) atoms. The average Bonchev–Trinajstić information content (AvgIpc) is 2.29. The smallest absolute Gasteiger partial charge is 0.0781 e. The van der Waals surface area contributed by atoms with Crippen LogP contribution in [0.25, 0.3) is 10.8 Å². The number of hydrogen-bond donors (Lipinski definition) is 1. The summed E-state index contributed by atoms with van der Waals surface area (Å²) in [4.78, 5) is 4.84. The fourth-order valence-corrected chi connectivity index (χ4v) is 1.63. The predicted octanol–water partition coefficient (Wildman–Crippen LogP) is 3.22. The van der Waals surface area contributed by atoms with Gasteiger partial charge >= 0.3 is 0 Å². The number of rotatable bonds is 3. The number of thiocarbonyl (C=S) groups is 1. The van der Waals surface area contributed by atoms with Crippen molar-refractivity contribution in [1.29, 1.82) is 0 Å². The van der Waals surface area contributed by atoms with Gasteiger partial charge in [-0.25, -0.2) is 0 Å². The van der Waals surface area contributed by atoms with E-state index in [4.69, 9.17) is 18.0 Å². The maximum absolute atomic E-state index is 5.41. The minimum Gasteiger partial charge on any atom is -0.393 e. The summed E-state index contributed by atoms with van der Waals surface area (Å²) in [5, 5.41) is 2.33. The van der Waals surface area contributed by atoms with Crippen LogP contribution in [0.5, 0.6) is 0 Å². The summed E-state index contributed by atoms with van der Waals surface area (Å²) in [7, 11) is 0. The van der Waals surface area contributed by atoms with Crippen LogP contribution < -0.4 is 5.73 Å². The van der Waals surface area contributed by atoms with Gasteiger partial charge in [0.2, 0.25) is 0 Å². The second-order valence-electron chi connectivity index (χ2n) is 3.48. The van der Waals surface area contributed by atoms with E-state index in [9.17, 15) is 0 Å². The normalized spacial score (nSPS) is 11.0. The van der Waals surface area contributed by atoms with Gasteiger partial charge < -0.3 is 5.73 Å². The molecular formula is C13H12N2S.